The maximum absolute atomic E-state index is 12.1. The highest BCUT2D eigenvalue weighted by molar-refractivity contribution is 7.14. The topological polar surface area (TPSA) is 84.2 Å². The Hall–Kier alpha value is -2.34. The first-order chi connectivity index (χ1) is 9.45. The van der Waals surface area contributed by atoms with Crippen LogP contribution < -0.4 is 16.4 Å². The molecule has 0 aliphatic carbocycles. The van der Waals surface area contributed by atoms with Crippen molar-refractivity contribution in [1.29, 1.82) is 0 Å². The molecule has 1 aromatic heterocycles. The zero-order valence-corrected chi connectivity index (χ0v) is 12.0. The number of aryl methyl sites for hydroxylation is 1. The lowest BCUT2D eigenvalue weighted by Gasteiger charge is -2.06. The molecule has 0 atom stereocenters. The van der Waals surface area contributed by atoms with Gasteiger partial charge in [0.1, 0.15) is 0 Å². The summed E-state index contributed by atoms with van der Waals surface area (Å²) in [5, 5.41) is 5.44. The summed E-state index contributed by atoms with van der Waals surface area (Å²) in [6, 6.07) is 8.63. The van der Waals surface area contributed by atoms with Crippen molar-refractivity contribution in [3.8, 4) is 0 Å². The lowest BCUT2D eigenvalue weighted by Crippen LogP contribution is -2.11. The number of anilines is 3. The van der Waals surface area contributed by atoms with Crippen molar-refractivity contribution in [3.63, 3.8) is 0 Å². The summed E-state index contributed by atoms with van der Waals surface area (Å²) in [4.78, 5) is 24.5. The molecule has 0 radical (unpaired) electrons. The monoisotopic (exact) mass is 289 g/mol. The van der Waals surface area contributed by atoms with Crippen LogP contribution in [0.5, 0.6) is 0 Å². The molecule has 0 unspecified atom stereocenters. The Bertz CT molecular complexity index is 645. The molecule has 6 heteroatoms. The van der Waals surface area contributed by atoms with Gasteiger partial charge in [-0.1, -0.05) is 6.07 Å². The van der Waals surface area contributed by atoms with Gasteiger partial charge in [0, 0.05) is 28.9 Å². The molecule has 20 heavy (non-hydrogen) atoms. The van der Waals surface area contributed by atoms with Crippen molar-refractivity contribution >= 4 is 40.2 Å². The van der Waals surface area contributed by atoms with Gasteiger partial charge in [0.15, 0.2) is 0 Å². The lowest BCUT2D eigenvalue weighted by molar-refractivity contribution is -0.114. The fourth-order valence-electron chi connectivity index (χ4n) is 1.68. The number of carbonyl (C=O) groups is 2. The average molecular weight is 289 g/mol. The highest BCUT2D eigenvalue weighted by Crippen LogP contribution is 2.24. The number of rotatable bonds is 3. The van der Waals surface area contributed by atoms with E-state index in [1.165, 1.54) is 18.3 Å². The van der Waals surface area contributed by atoms with Crippen LogP contribution in [0.2, 0.25) is 0 Å². The molecular formula is C14H15N3O2S. The number of nitrogens with two attached hydrogens (primary N) is 1. The van der Waals surface area contributed by atoms with Gasteiger partial charge in [0.25, 0.3) is 5.91 Å². The first-order valence-corrected chi connectivity index (χ1v) is 6.82. The number of benzene rings is 1. The molecule has 5 nitrogen and oxygen atoms in total. The van der Waals surface area contributed by atoms with Gasteiger partial charge in [-0.15, -0.1) is 11.3 Å². The standard InChI is InChI=1S/C14H15N3O2S/c1-8-12(15)7-13(20-8)14(19)17-11-5-3-4-10(6-11)16-9(2)18/h3-7H,15H2,1-2H3,(H,16,18)(H,17,19). The minimum atomic E-state index is -0.213. The minimum Gasteiger partial charge on any atom is -0.398 e. The minimum absolute atomic E-state index is 0.157. The fourth-order valence-corrected chi connectivity index (χ4v) is 2.52. The molecule has 0 aliphatic heterocycles. The average Bonchev–Trinajstić information content (AvgIpc) is 2.69. The third-order valence-corrected chi connectivity index (χ3v) is 3.69. The molecule has 0 spiro atoms. The van der Waals surface area contributed by atoms with Gasteiger partial charge in [0.05, 0.1) is 4.88 Å². The molecule has 1 aromatic carbocycles. The molecule has 0 saturated carbocycles. The summed E-state index contributed by atoms with van der Waals surface area (Å²) in [5.41, 5.74) is 7.60. The van der Waals surface area contributed by atoms with E-state index in [2.05, 4.69) is 10.6 Å². The summed E-state index contributed by atoms with van der Waals surface area (Å²) in [6.07, 6.45) is 0. The normalized spacial score (nSPS) is 10.1. The second kappa shape index (κ2) is 5.75. The Kier molecular flexibility index (Phi) is 4.05. The molecular weight excluding hydrogens is 274 g/mol. The van der Waals surface area contributed by atoms with Crippen LogP contribution in [0.25, 0.3) is 0 Å². The van der Waals surface area contributed by atoms with E-state index in [-0.39, 0.29) is 11.8 Å². The maximum atomic E-state index is 12.1. The highest BCUT2D eigenvalue weighted by Gasteiger charge is 2.11. The van der Waals surface area contributed by atoms with E-state index in [1.807, 2.05) is 6.92 Å². The lowest BCUT2D eigenvalue weighted by atomic mass is 10.2. The van der Waals surface area contributed by atoms with E-state index >= 15 is 0 Å². The molecule has 0 saturated heterocycles. The van der Waals surface area contributed by atoms with Crippen LogP contribution in [0.3, 0.4) is 0 Å². The van der Waals surface area contributed by atoms with E-state index < -0.39 is 0 Å². The largest absolute Gasteiger partial charge is 0.398 e. The maximum Gasteiger partial charge on any atom is 0.265 e. The van der Waals surface area contributed by atoms with E-state index in [9.17, 15) is 9.59 Å². The molecule has 0 aliphatic rings. The molecule has 104 valence electrons. The SMILES string of the molecule is CC(=O)Nc1cccc(NC(=O)c2cc(N)c(C)s2)c1. The van der Waals surface area contributed by atoms with Crippen molar-refractivity contribution in [2.75, 3.05) is 16.4 Å². The van der Waals surface area contributed by atoms with Crippen LogP contribution in [0.15, 0.2) is 30.3 Å². The molecule has 2 aromatic rings. The zero-order chi connectivity index (χ0) is 14.7. The van der Waals surface area contributed by atoms with Crippen molar-refractivity contribution in [3.05, 3.63) is 40.1 Å². The van der Waals surface area contributed by atoms with Gasteiger partial charge >= 0.3 is 0 Å². The summed E-state index contributed by atoms with van der Waals surface area (Å²) in [7, 11) is 0. The third kappa shape index (κ3) is 3.36. The summed E-state index contributed by atoms with van der Waals surface area (Å²) in [6.45, 7) is 3.30. The predicted molar refractivity (Wildman–Crippen MR) is 82.2 cm³/mol. The quantitative estimate of drug-likeness (QED) is 0.812. The summed E-state index contributed by atoms with van der Waals surface area (Å²) < 4.78 is 0. The van der Waals surface area contributed by atoms with Gasteiger partial charge in [-0.25, -0.2) is 0 Å². The number of hydrogen-bond acceptors (Lipinski definition) is 4. The van der Waals surface area contributed by atoms with Crippen LogP contribution in [-0.4, -0.2) is 11.8 Å². The van der Waals surface area contributed by atoms with Crippen molar-refractivity contribution in [2.45, 2.75) is 13.8 Å². The van der Waals surface area contributed by atoms with E-state index in [1.54, 1.807) is 30.3 Å². The van der Waals surface area contributed by atoms with Crippen LogP contribution in [0.1, 0.15) is 21.5 Å². The molecule has 0 bridgehead atoms. The molecule has 2 amide bonds. The first-order valence-electron chi connectivity index (χ1n) is 6.00. The fraction of sp³-hybridized carbons (Fsp3) is 0.143. The number of nitrogen functional groups attached to an aromatic ring is 1. The van der Waals surface area contributed by atoms with Crippen molar-refractivity contribution < 1.29 is 9.59 Å². The van der Waals surface area contributed by atoms with Gasteiger partial charge in [-0.2, -0.15) is 0 Å². The van der Waals surface area contributed by atoms with Gasteiger partial charge in [0.2, 0.25) is 5.91 Å². The number of nitrogens with one attached hydrogen (secondary N) is 2. The summed E-state index contributed by atoms with van der Waals surface area (Å²) >= 11 is 1.35. The Labute approximate surface area is 120 Å². The Morgan fingerprint density at radius 1 is 1.15 bits per heavy atom. The second-order valence-corrected chi connectivity index (χ2v) is 5.59. The van der Waals surface area contributed by atoms with Crippen LogP contribution >= 0.6 is 11.3 Å². The van der Waals surface area contributed by atoms with Crippen LogP contribution in [0.4, 0.5) is 17.1 Å². The van der Waals surface area contributed by atoms with Crippen molar-refractivity contribution in [2.24, 2.45) is 0 Å². The smallest absolute Gasteiger partial charge is 0.265 e. The number of hydrogen-bond donors (Lipinski definition) is 3. The highest BCUT2D eigenvalue weighted by atomic mass is 32.1. The van der Waals surface area contributed by atoms with Crippen LogP contribution in [-0.2, 0) is 4.79 Å². The van der Waals surface area contributed by atoms with E-state index in [4.69, 9.17) is 5.73 Å². The zero-order valence-electron chi connectivity index (χ0n) is 11.2. The Morgan fingerprint density at radius 3 is 2.35 bits per heavy atom. The number of amides is 2. The third-order valence-electron chi connectivity index (χ3n) is 2.62. The van der Waals surface area contributed by atoms with E-state index in [0.29, 0.717) is 21.9 Å². The Morgan fingerprint density at radius 2 is 1.80 bits per heavy atom. The van der Waals surface area contributed by atoms with Gasteiger partial charge < -0.3 is 16.4 Å². The number of thiophene rings is 1. The predicted octanol–water partition coefficient (Wildman–Crippen LogP) is 2.85. The van der Waals surface area contributed by atoms with Crippen molar-refractivity contribution in [1.82, 2.24) is 0 Å². The molecule has 1 heterocycles. The molecule has 4 N–H and O–H groups in total. The Balaban J connectivity index is 2.13. The number of carbonyl (C=O) groups excluding carboxylic acids is 2. The second-order valence-electron chi connectivity index (χ2n) is 4.34. The molecule has 2 rings (SSSR count). The summed E-state index contributed by atoms with van der Waals surface area (Å²) in [5.74, 6) is -0.370. The molecule has 0 fully saturated rings. The first kappa shape index (κ1) is 14.1. The van der Waals surface area contributed by atoms with E-state index in [0.717, 1.165) is 4.88 Å². The van der Waals surface area contributed by atoms with Gasteiger partial charge in [-0.3, -0.25) is 9.59 Å². The van der Waals surface area contributed by atoms with Crippen LogP contribution in [0, 0.1) is 6.92 Å². The van der Waals surface area contributed by atoms with Gasteiger partial charge in [-0.05, 0) is 31.2 Å².